The van der Waals surface area contributed by atoms with Crippen LogP contribution < -0.4 is 10.6 Å². The molecular weight excluding hydrogens is 401 g/mol. The van der Waals surface area contributed by atoms with Gasteiger partial charge in [0, 0.05) is 25.3 Å². The van der Waals surface area contributed by atoms with E-state index in [1.54, 1.807) is 0 Å². The van der Waals surface area contributed by atoms with Gasteiger partial charge in [0.05, 0.1) is 12.2 Å². The number of piperidine rings is 1. The minimum Gasteiger partial charge on any atom is -0.355 e. The van der Waals surface area contributed by atoms with Crippen LogP contribution in [0.4, 0.5) is 0 Å². The van der Waals surface area contributed by atoms with Crippen LogP contribution in [-0.2, 0) is 6.54 Å². The van der Waals surface area contributed by atoms with Crippen LogP contribution in [-0.4, -0.2) is 48.1 Å². The van der Waals surface area contributed by atoms with Crippen LogP contribution in [0.3, 0.4) is 0 Å². The van der Waals surface area contributed by atoms with Crippen LogP contribution in [0.15, 0.2) is 29.4 Å². The predicted octanol–water partition coefficient (Wildman–Crippen LogP) is 2.63. The van der Waals surface area contributed by atoms with Crippen molar-refractivity contribution in [1.29, 1.82) is 0 Å². The SMILES string of the molecule is CN=C(NCc1ccccn1)NCC(C)(C)N1CCCCC1.I. The van der Waals surface area contributed by atoms with Crippen LogP contribution in [0.5, 0.6) is 0 Å². The molecule has 1 aliphatic rings. The minimum absolute atomic E-state index is 0. The van der Waals surface area contributed by atoms with E-state index < -0.39 is 0 Å². The highest BCUT2D eigenvalue weighted by Gasteiger charge is 2.27. The molecule has 130 valence electrons. The quantitative estimate of drug-likeness (QED) is 0.428. The van der Waals surface area contributed by atoms with Crippen molar-refractivity contribution in [3.8, 4) is 0 Å². The van der Waals surface area contributed by atoms with Crippen molar-refractivity contribution in [2.75, 3.05) is 26.7 Å². The lowest BCUT2D eigenvalue weighted by Crippen LogP contribution is -2.54. The first-order valence-corrected chi connectivity index (χ1v) is 8.21. The first kappa shape index (κ1) is 20.2. The van der Waals surface area contributed by atoms with Gasteiger partial charge < -0.3 is 10.6 Å². The summed E-state index contributed by atoms with van der Waals surface area (Å²) < 4.78 is 0. The molecular formula is C17H30IN5. The Kier molecular flexibility index (Phi) is 8.83. The van der Waals surface area contributed by atoms with E-state index in [0.717, 1.165) is 18.2 Å². The Morgan fingerprint density at radius 2 is 1.96 bits per heavy atom. The number of halogens is 1. The number of guanidine groups is 1. The van der Waals surface area contributed by atoms with Crippen molar-refractivity contribution in [3.05, 3.63) is 30.1 Å². The summed E-state index contributed by atoms with van der Waals surface area (Å²) in [4.78, 5) is 11.2. The normalized spacial score (nSPS) is 16.6. The lowest BCUT2D eigenvalue weighted by Gasteiger charge is -2.41. The minimum atomic E-state index is 0. The van der Waals surface area contributed by atoms with Gasteiger partial charge in [0.1, 0.15) is 0 Å². The molecule has 2 rings (SSSR count). The van der Waals surface area contributed by atoms with Gasteiger partial charge in [-0.15, -0.1) is 24.0 Å². The van der Waals surface area contributed by atoms with E-state index >= 15 is 0 Å². The molecule has 0 aliphatic carbocycles. The number of hydrogen-bond donors (Lipinski definition) is 2. The van der Waals surface area contributed by atoms with E-state index in [1.165, 1.54) is 32.4 Å². The van der Waals surface area contributed by atoms with E-state index in [-0.39, 0.29) is 29.5 Å². The molecule has 23 heavy (non-hydrogen) atoms. The number of aromatic nitrogens is 1. The fraction of sp³-hybridized carbons (Fsp3) is 0.647. The fourth-order valence-electron chi connectivity index (χ4n) is 2.81. The second-order valence-corrected chi connectivity index (χ2v) is 6.46. The smallest absolute Gasteiger partial charge is 0.191 e. The summed E-state index contributed by atoms with van der Waals surface area (Å²) in [5.41, 5.74) is 1.16. The molecule has 5 nitrogen and oxygen atoms in total. The number of hydrogen-bond acceptors (Lipinski definition) is 3. The first-order chi connectivity index (χ1) is 10.6. The fourth-order valence-corrected chi connectivity index (χ4v) is 2.81. The zero-order valence-corrected chi connectivity index (χ0v) is 16.8. The van der Waals surface area contributed by atoms with Crippen LogP contribution in [0, 0.1) is 0 Å². The van der Waals surface area contributed by atoms with Crippen molar-refractivity contribution in [1.82, 2.24) is 20.5 Å². The Balaban J connectivity index is 0.00000264. The van der Waals surface area contributed by atoms with Crippen LogP contribution in [0.25, 0.3) is 0 Å². The summed E-state index contributed by atoms with van der Waals surface area (Å²) >= 11 is 0. The number of nitrogens with zero attached hydrogens (tertiary/aromatic N) is 3. The van der Waals surface area contributed by atoms with Crippen molar-refractivity contribution in [3.63, 3.8) is 0 Å². The maximum atomic E-state index is 4.31. The van der Waals surface area contributed by atoms with Gasteiger partial charge in [-0.1, -0.05) is 12.5 Å². The molecule has 2 N–H and O–H groups in total. The average molecular weight is 431 g/mol. The van der Waals surface area contributed by atoms with Crippen molar-refractivity contribution in [2.24, 2.45) is 4.99 Å². The molecule has 1 saturated heterocycles. The van der Waals surface area contributed by atoms with Gasteiger partial charge >= 0.3 is 0 Å². The molecule has 2 heterocycles. The third-order valence-electron chi connectivity index (χ3n) is 4.29. The Hall–Kier alpha value is -0.890. The molecule has 0 spiro atoms. The highest BCUT2D eigenvalue weighted by Crippen LogP contribution is 2.19. The van der Waals surface area contributed by atoms with Gasteiger partial charge in [-0.3, -0.25) is 14.9 Å². The Bertz CT molecular complexity index is 469. The van der Waals surface area contributed by atoms with Gasteiger partial charge in [0.25, 0.3) is 0 Å². The first-order valence-electron chi connectivity index (χ1n) is 8.21. The maximum Gasteiger partial charge on any atom is 0.191 e. The molecule has 0 radical (unpaired) electrons. The second kappa shape index (κ2) is 10.1. The van der Waals surface area contributed by atoms with E-state index in [1.807, 2.05) is 31.4 Å². The lowest BCUT2D eigenvalue weighted by molar-refractivity contribution is 0.0982. The van der Waals surface area contributed by atoms with Crippen molar-refractivity contribution >= 4 is 29.9 Å². The summed E-state index contributed by atoms with van der Waals surface area (Å²) in [5.74, 6) is 0.829. The summed E-state index contributed by atoms with van der Waals surface area (Å²) in [5, 5.41) is 6.77. The number of rotatable bonds is 5. The molecule has 1 aromatic rings. The Morgan fingerprint density at radius 1 is 1.22 bits per heavy atom. The third-order valence-corrected chi connectivity index (χ3v) is 4.29. The molecule has 0 aromatic carbocycles. The third kappa shape index (κ3) is 6.63. The summed E-state index contributed by atoms with van der Waals surface area (Å²) in [6.45, 7) is 8.58. The van der Waals surface area contributed by atoms with Gasteiger partial charge in [-0.25, -0.2) is 0 Å². The van der Waals surface area contributed by atoms with Crippen LogP contribution in [0.2, 0.25) is 0 Å². The van der Waals surface area contributed by atoms with E-state index in [9.17, 15) is 0 Å². The Morgan fingerprint density at radius 3 is 2.57 bits per heavy atom. The van der Waals surface area contributed by atoms with Crippen LogP contribution in [0.1, 0.15) is 38.8 Å². The zero-order chi connectivity index (χ0) is 15.8. The topological polar surface area (TPSA) is 52.6 Å². The summed E-state index contributed by atoms with van der Waals surface area (Å²) in [6.07, 6.45) is 5.81. The molecule has 6 heteroatoms. The highest BCUT2D eigenvalue weighted by molar-refractivity contribution is 14.0. The Labute approximate surface area is 157 Å². The number of likely N-dealkylation sites (tertiary alicyclic amines) is 1. The van der Waals surface area contributed by atoms with E-state index in [2.05, 4.69) is 39.4 Å². The monoisotopic (exact) mass is 431 g/mol. The number of nitrogens with one attached hydrogen (secondary N) is 2. The van der Waals surface area contributed by atoms with E-state index in [4.69, 9.17) is 0 Å². The molecule has 1 aromatic heterocycles. The molecule has 0 atom stereocenters. The lowest BCUT2D eigenvalue weighted by atomic mass is 9.98. The maximum absolute atomic E-state index is 4.31. The molecule has 0 bridgehead atoms. The van der Waals surface area contributed by atoms with E-state index in [0.29, 0.717) is 6.54 Å². The largest absolute Gasteiger partial charge is 0.355 e. The predicted molar refractivity (Wildman–Crippen MR) is 107 cm³/mol. The highest BCUT2D eigenvalue weighted by atomic mass is 127. The molecule has 1 aliphatic heterocycles. The number of aliphatic imine (C=N–C) groups is 1. The standard InChI is InChI=1S/C17H29N5.HI/c1-17(2,22-11-7-4-8-12-22)14-21-16(18-3)20-13-15-9-5-6-10-19-15;/h5-6,9-10H,4,7-8,11-14H2,1-3H3,(H2,18,20,21);1H. The van der Waals surface area contributed by atoms with Gasteiger partial charge in [-0.05, 0) is 51.9 Å². The molecule has 0 saturated carbocycles. The van der Waals surface area contributed by atoms with Crippen molar-refractivity contribution in [2.45, 2.75) is 45.2 Å². The molecule has 0 unspecified atom stereocenters. The van der Waals surface area contributed by atoms with Crippen molar-refractivity contribution < 1.29 is 0 Å². The average Bonchev–Trinajstić information content (AvgIpc) is 2.57. The second-order valence-electron chi connectivity index (χ2n) is 6.46. The van der Waals surface area contributed by atoms with Gasteiger partial charge in [-0.2, -0.15) is 0 Å². The summed E-state index contributed by atoms with van der Waals surface area (Å²) in [7, 11) is 1.81. The van der Waals surface area contributed by atoms with Gasteiger partial charge in [0.2, 0.25) is 0 Å². The molecule has 0 amide bonds. The van der Waals surface area contributed by atoms with Gasteiger partial charge in [0.15, 0.2) is 5.96 Å². The molecule has 1 fully saturated rings. The zero-order valence-electron chi connectivity index (χ0n) is 14.5. The number of pyridine rings is 1. The summed E-state index contributed by atoms with van der Waals surface area (Å²) in [6, 6.07) is 5.94. The van der Waals surface area contributed by atoms with Crippen LogP contribution >= 0.6 is 24.0 Å².